The summed E-state index contributed by atoms with van der Waals surface area (Å²) in [5, 5.41) is 10.1. The SMILES string of the molecule is COC(=O)N(c1ccc2c(c1C(=O)O)OC[C@@H]1C[C@H]21)S(=O)(=O)c1ccc(F)cc1C1CC1C(OC)OC. The summed E-state index contributed by atoms with van der Waals surface area (Å²) in [4.78, 5) is 25.0. The number of hydrogen-bond acceptors (Lipinski definition) is 8. The van der Waals surface area contributed by atoms with Gasteiger partial charge in [-0.15, -0.1) is 0 Å². The van der Waals surface area contributed by atoms with Gasteiger partial charge in [0.25, 0.3) is 10.0 Å². The fourth-order valence-electron chi connectivity index (χ4n) is 5.28. The lowest BCUT2D eigenvalue weighted by Gasteiger charge is -2.27. The van der Waals surface area contributed by atoms with E-state index in [4.69, 9.17) is 18.9 Å². The summed E-state index contributed by atoms with van der Waals surface area (Å²) >= 11 is 0. The third-order valence-electron chi connectivity index (χ3n) is 7.25. The maximum atomic E-state index is 14.3. The van der Waals surface area contributed by atoms with Crippen molar-refractivity contribution in [3.63, 3.8) is 0 Å². The van der Waals surface area contributed by atoms with Crippen molar-refractivity contribution >= 4 is 27.8 Å². The van der Waals surface area contributed by atoms with Crippen molar-refractivity contribution in [1.82, 2.24) is 0 Å². The van der Waals surface area contributed by atoms with Crippen molar-refractivity contribution in [2.45, 2.75) is 35.9 Å². The van der Waals surface area contributed by atoms with E-state index in [1.165, 1.54) is 20.3 Å². The predicted molar refractivity (Wildman–Crippen MR) is 127 cm³/mol. The zero-order valence-corrected chi connectivity index (χ0v) is 21.2. The van der Waals surface area contributed by atoms with Crippen LogP contribution in [0.3, 0.4) is 0 Å². The van der Waals surface area contributed by atoms with Gasteiger partial charge < -0.3 is 24.1 Å². The van der Waals surface area contributed by atoms with Crippen molar-refractivity contribution in [2.24, 2.45) is 11.8 Å². The van der Waals surface area contributed by atoms with Crippen LogP contribution in [0.5, 0.6) is 5.75 Å². The molecule has 10 nitrogen and oxygen atoms in total. The standard InChI is InChI=1S/C25H26FNO9S/c1-33-24(34-2)18-10-16(18)17-9-13(26)4-7-20(17)37(31,32)27(25(30)35-3)19-6-5-14-15-8-12(15)11-36-22(14)21(19)23(28)29/h4-7,9,12,15-16,18,24H,8,10-11H2,1-3H3,(H,28,29)/t12-,15-,16?,18?/m0/s1. The maximum Gasteiger partial charge on any atom is 0.428 e. The van der Waals surface area contributed by atoms with Crippen molar-refractivity contribution in [1.29, 1.82) is 0 Å². The first-order chi connectivity index (χ1) is 17.6. The van der Waals surface area contributed by atoms with Crippen LogP contribution in [-0.4, -0.2) is 59.8 Å². The number of carboxylic acids is 1. The average molecular weight is 536 g/mol. The highest BCUT2D eigenvalue weighted by Crippen LogP contribution is 2.56. The molecule has 12 heteroatoms. The van der Waals surface area contributed by atoms with E-state index in [0.717, 1.165) is 31.7 Å². The monoisotopic (exact) mass is 535 g/mol. The molecule has 2 unspecified atom stereocenters. The summed E-state index contributed by atoms with van der Waals surface area (Å²) in [6.07, 6.45) is -0.651. The first kappa shape index (κ1) is 25.4. The highest BCUT2D eigenvalue weighted by atomic mass is 32.2. The number of nitrogens with zero attached hydrogens (tertiary/aromatic N) is 1. The van der Waals surface area contributed by atoms with Gasteiger partial charge >= 0.3 is 12.1 Å². The predicted octanol–water partition coefficient (Wildman–Crippen LogP) is 3.70. The Hall–Kier alpha value is -3.22. The van der Waals surface area contributed by atoms with Gasteiger partial charge in [-0.2, -0.15) is 4.31 Å². The lowest BCUT2D eigenvalue weighted by molar-refractivity contribution is -0.116. The number of ether oxygens (including phenoxy) is 4. The highest BCUT2D eigenvalue weighted by molar-refractivity contribution is 7.93. The first-order valence-corrected chi connectivity index (χ1v) is 13.1. The third-order valence-corrected chi connectivity index (χ3v) is 9.00. The Morgan fingerprint density at radius 3 is 2.46 bits per heavy atom. The molecule has 198 valence electrons. The molecular weight excluding hydrogens is 509 g/mol. The molecule has 5 rings (SSSR count). The van der Waals surface area contributed by atoms with Gasteiger partial charge in [-0.3, -0.25) is 0 Å². The quantitative estimate of drug-likeness (QED) is 0.503. The van der Waals surface area contributed by atoms with Crippen LogP contribution >= 0.6 is 0 Å². The largest absolute Gasteiger partial charge is 0.492 e. The van der Waals surface area contributed by atoms with E-state index >= 15 is 0 Å². The second-order valence-electron chi connectivity index (χ2n) is 9.36. The summed E-state index contributed by atoms with van der Waals surface area (Å²) in [6, 6.07) is 5.97. The zero-order chi connectivity index (χ0) is 26.6. The molecule has 2 saturated carbocycles. The summed E-state index contributed by atoms with van der Waals surface area (Å²) in [5.74, 6) is -2.33. The van der Waals surface area contributed by atoms with Crippen molar-refractivity contribution in [2.75, 3.05) is 32.2 Å². The van der Waals surface area contributed by atoms with Gasteiger partial charge in [0.1, 0.15) is 17.1 Å². The molecule has 2 aromatic carbocycles. The van der Waals surface area contributed by atoms with E-state index in [2.05, 4.69) is 0 Å². The fraction of sp³-hybridized carbons (Fsp3) is 0.440. The molecule has 2 aliphatic carbocycles. The fourth-order valence-corrected chi connectivity index (χ4v) is 6.91. The normalized spacial score (nSPS) is 23.5. The number of anilines is 1. The molecule has 0 bridgehead atoms. The van der Waals surface area contributed by atoms with E-state index in [1.54, 1.807) is 6.07 Å². The molecule has 1 N–H and O–H groups in total. The summed E-state index contributed by atoms with van der Waals surface area (Å²) < 4.78 is 63.7. The number of sulfonamides is 1. The smallest absolute Gasteiger partial charge is 0.428 e. The lowest BCUT2D eigenvalue weighted by atomic mass is 10.00. The zero-order valence-electron chi connectivity index (χ0n) is 20.3. The van der Waals surface area contributed by atoms with Crippen LogP contribution in [0.2, 0.25) is 0 Å². The second-order valence-corrected chi connectivity index (χ2v) is 11.1. The number of carbonyl (C=O) groups is 2. The Balaban J connectivity index is 1.64. The highest BCUT2D eigenvalue weighted by Gasteiger charge is 2.49. The number of fused-ring (bicyclic) bond motifs is 3. The second kappa shape index (κ2) is 9.26. The molecule has 0 saturated heterocycles. The summed E-state index contributed by atoms with van der Waals surface area (Å²) in [5.41, 5.74) is -0.0897. The number of rotatable bonds is 8. The maximum absolute atomic E-state index is 14.3. The van der Waals surface area contributed by atoms with Crippen LogP contribution in [0.4, 0.5) is 14.9 Å². The van der Waals surface area contributed by atoms with Gasteiger partial charge in [-0.05, 0) is 60.1 Å². The van der Waals surface area contributed by atoms with Crippen LogP contribution in [-0.2, 0) is 24.2 Å². The Morgan fingerprint density at radius 1 is 1.08 bits per heavy atom. The van der Waals surface area contributed by atoms with E-state index < -0.39 is 51.4 Å². The van der Waals surface area contributed by atoms with Crippen LogP contribution in [0, 0.1) is 17.7 Å². The van der Waals surface area contributed by atoms with Gasteiger partial charge in [0.05, 0.1) is 24.3 Å². The minimum Gasteiger partial charge on any atom is -0.492 e. The van der Waals surface area contributed by atoms with Crippen molar-refractivity contribution in [3.05, 3.63) is 52.8 Å². The summed E-state index contributed by atoms with van der Waals surface area (Å²) in [6.45, 7) is 0.303. The number of benzene rings is 2. The lowest BCUT2D eigenvalue weighted by Crippen LogP contribution is -2.38. The molecule has 0 spiro atoms. The Kier molecular flexibility index (Phi) is 6.37. The molecular formula is C25H26FNO9S. The van der Waals surface area contributed by atoms with Crippen LogP contribution in [0.25, 0.3) is 0 Å². The molecule has 1 heterocycles. The number of hydrogen-bond donors (Lipinski definition) is 1. The molecule has 3 aliphatic rings. The third kappa shape index (κ3) is 4.22. The van der Waals surface area contributed by atoms with Gasteiger partial charge in [-0.1, -0.05) is 6.07 Å². The molecule has 0 radical (unpaired) electrons. The molecule has 0 aromatic heterocycles. The van der Waals surface area contributed by atoms with Gasteiger partial charge in [0.15, 0.2) is 6.29 Å². The Bertz CT molecular complexity index is 1370. The van der Waals surface area contributed by atoms with Crippen LogP contribution in [0.1, 0.15) is 46.2 Å². The van der Waals surface area contributed by atoms with E-state index in [-0.39, 0.29) is 34.0 Å². The number of aromatic carboxylic acids is 1. The minimum absolute atomic E-state index is 0.0393. The van der Waals surface area contributed by atoms with Crippen molar-refractivity contribution in [3.8, 4) is 5.75 Å². The number of carbonyl (C=O) groups excluding carboxylic acids is 1. The van der Waals surface area contributed by atoms with E-state index in [0.29, 0.717) is 22.9 Å². The minimum atomic E-state index is -4.77. The molecule has 1 aliphatic heterocycles. The molecule has 2 aromatic rings. The number of halogens is 1. The molecule has 37 heavy (non-hydrogen) atoms. The van der Waals surface area contributed by atoms with Gasteiger partial charge in [-0.25, -0.2) is 22.4 Å². The molecule has 4 atom stereocenters. The Morgan fingerprint density at radius 2 is 1.81 bits per heavy atom. The molecule has 2 fully saturated rings. The average Bonchev–Trinajstić information content (AvgIpc) is 3.78. The van der Waals surface area contributed by atoms with Crippen LogP contribution < -0.4 is 9.04 Å². The summed E-state index contributed by atoms with van der Waals surface area (Å²) in [7, 11) is -0.898. The Labute approximate surface area is 212 Å². The topological polar surface area (TPSA) is 129 Å². The number of methoxy groups -OCH3 is 3. The van der Waals surface area contributed by atoms with Gasteiger partial charge in [0.2, 0.25) is 0 Å². The van der Waals surface area contributed by atoms with Crippen LogP contribution in [0.15, 0.2) is 35.2 Å². The number of amides is 1. The first-order valence-electron chi connectivity index (χ1n) is 11.6. The van der Waals surface area contributed by atoms with E-state index in [9.17, 15) is 27.5 Å². The molecule has 1 amide bonds. The van der Waals surface area contributed by atoms with E-state index in [1.807, 2.05) is 0 Å². The number of carboxylic acid groups (broad SMARTS) is 1. The van der Waals surface area contributed by atoms with Gasteiger partial charge in [0, 0.05) is 26.1 Å². The van der Waals surface area contributed by atoms with Crippen molar-refractivity contribution < 1.29 is 46.5 Å².